The topological polar surface area (TPSA) is 287 Å². The molecule has 1 rings (SSSR count). The molecule has 0 bridgehead atoms. The number of aromatic amines is 1. The van der Waals surface area contributed by atoms with Gasteiger partial charge in [-0.2, -0.15) is 0 Å². The molecule has 0 spiro atoms. The standard InChI is InChI=1S/C22H38N10O6/c1-11(2)6-16(21(37)38)32-19(35)14(7-12-9-27-10-29-12)31-20(36)15(8-17(24)33)30-18(34)13(23)4-3-5-28-22(25)26/h9-11,13-16H,3-8,23H2,1-2H3,(H2,24,33)(H,27,29)(H,30,34)(H,31,36)(H,32,35)(H,37,38)(H4,25,26,28). The molecule has 1 aromatic rings. The number of aliphatic imine (C=N–C) groups is 1. The van der Waals surface area contributed by atoms with Crippen molar-refractivity contribution in [3.63, 3.8) is 0 Å². The van der Waals surface area contributed by atoms with Gasteiger partial charge in [0.25, 0.3) is 0 Å². The maximum absolute atomic E-state index is 13.1. The number of amides is 4. The number of aliphatic carboxylic acids is 1. The third-order valence-electron chi connectivity index (χ3n) is 5.28. The Bertz CT molecular complexity index is 977. The second-order valence-corrected chi connectivity index (χ2v) is 9.16. The van der Waals surface area contributed by atoms with Gasteiger partial charge in [-0.1, -0.05) is 13.8 Å². The maximum Gasteiger partial charge on any atom is 0.326 e. The summed E-state index contributed by atoms with van der Waals surface area (Å²) >= 11 is 0. The molecule has 212 valence electrons. The first kappa shape index (κ1) is 31.8. The van der Waals surface area contributed by atoms with E-state index in [1.165, 1.54) is 12.5 Å². The van der Waals surface area contributed by atoms with Gasteiger partial charge in [0.2, 0.25) is 23.6 Å². The summed E-state index contributed by atoms with van der Waals surface area (Å²) in [5.74, 6) is -4.64. The van der Waals surface area contributed by atoms with Gasteiger partial charge in [-0.15, -0.1) is 0 Å². The molecule has 38 heavy (non-hydrogen) atoms. The average Bonchev–Trinajstić information content (AvgIpc) is 3.32. The van der Waals surface area contributed by atoms with Crippen LogP contribution in [0, 0.1) is 5.92 Å². The maximum atomic E-state index is 13.1. The number of carboxylic acid groups (broad SMARTS) is 1. The molecular weight excluding hydrogens is 500 g/mol. The second-order valence-electron chi connectivity index (χ2n) is 9.16. The Morgan fingerprint density at radius 1 is 1.00 bits per heavy atom. The monoisotopic (exact) mass is 538 g/mol. The lowest BCUT2D eigenvalue weighted by atomic mass is 10.0. The van der Waals surface area contributed by atoms with Gasteiger partial charge in [0, 0.05) is 24.9 Å². The molecule has 0 fully saturated rings. The minimum atomic E-state index is -1.44. The number of hydrogen-bond acceptors (Lipinski definition) is 8. The van der Waals surface area contributed by atoms with Crippen LogP contribution in [0.2, 0.25) is 0 Å². The fourth-order valence-corrected chi connectivity index (χ4v) is 3.40. The summed E-state index contributed by atoms with van der Waals surface area (Å²) in [5, 5.41) is 16.8. The third-order valence-corrected chi connectivity index (χ3v) is 5.28. The van der Waals surface area contributed by atoms with E-state index in [0.717, 1.165) is 0 Å². The van der Waals surface area contributed by atoms with Crippen molar-refractivity contribution < 1.29 is 29.1 Å². The number of rotatable bonds is 17. The van der Waals surface area contributed by atoms with E-state index in [9.17, 15) is 29.1 Å². The lowest BCUT2D eigenvalue weighted by Gasteiger charge is -2.25. The van der Waals surface area contributed by atoms with Crippen LogP contribution in [0.15, 0.2) is 17.5 Å². The van der Waals surface area contributed by atoms with Crippen LogP contribution in [0.4, 0.5) is 0 Å². The molecule has 0 radical (unpaired) electrons. The van der Waals surface area contributed by atoms with E-state index in [2.05, 4.69) is 30.9 Å². The van der Waals surface area contributed by atoms with Crippen molar-refractivity contribution in [1.29, 1.82) is 0 Å². The number of aromatic nitrogens is 2. The van der Waals surface area contributed by atoms with E-state index in [1.54, 1.807) is 13.8 Å². The number of guanidine groups is 1. The predicted molar refractivity (Wildman–Crippen MR) is 137 cm³/mol. The Hall–Kier alpha value is -4.21. The molecule has 0 aliphatic carbocycles. The van der Waals surface area contributed by atoms with Crippen LogP contribution in [0.25, 0.3) is 0 Å². The zero-order chi connectivity index (χ0) is 28.8. The fraction of sp³-hybridized carbons (Fsp3) is 0.591. The van der Waals surface area contributed by atoms with Gasteiger partial charge in [-0.05, 0) is 25.2 Å². The lowest BCUT2D eigenvalue weighted by Crippen LogP contribution is -2.58. The van der Waals surface area contributed by atoms with Crippen molar-refractivity contribution in [3.8, 4) is 0 Å². The molecule has 4 unspecified atom stereocenters. The number of H-pyrrole nitrogens is 1. The fourth-order valence-electron chi connectivity index (χ4n) is 3.40. The molecular formula is C22H38N10O6. The molecule has 0 saturated carbocycles. The largest absolute Gasteiger partial charge is 0.480 e. The molecule has 1 aromatic heterocycles. The smallest absolute Gasteiger partial charge is 0.326 e. The normalized spacial score (nSPS) is 14.0. The highest BCUT2D eigenvalue weighted by atomic mass is 16.4. The summed E-state index contributed by atoms with van der Waals surface area (Å²) in [6, 6.07) is -4.94. The van der Waals surface area contributed by atoms with E-state index in [0.29, 0.717) is 12.1 Å². The van der Waals surface area contributed by atoms with Crippen LogP contribution in [0.5, 0.6) is 0 Å². The van der Waals surface area contributed by atoms with E-state index < -0.39 is 60.2 Å². The summed E-state index contributed by atoms with van der Waals surface area (Å²) in [7, 11) is 0. The zero-order valence-electron chi connectivity index (χ0n) is 21.5. The average molecular weight is 539 g/mol. The first-order chi connectivity index (χ1) is 17.8. The highest BCUT2D eigenvalue weighted by molar-refractivity contribution is 5.96. The lowest BCUT2D eigenvalue weighted by molar-refractivity contribution is -0.143. The van der Waals surface area contributed by atoms with Crippen LogP contribution >= 0.6 is 0 Å². The minimum Gasteiger partial charge on any atom is -0.480 e. The molecule has 13 N–H and O–H groups in total. The number of nitrogens with zero attached hydrogens (tertiary/aromatic N) is 2. The van der Waals surface area contributed by atoms with Crippen molar-refractivity contribution in [3.05, 3.63) is 18.2 Å². The number of nitrogens with one attached hydrogen (secondary N) is 4. The van der Waals surface area contributed by atoms with Gasteiger partial charge < -0.3 is 49.0 Å². The molecule has 4 amide bonds. The van der Waals surface area contributed by atoms with Crippen LogP contribution in [0.3, 0.4) is 0 Å². The van der Waals surface area contributed by atoms with Crippen LogP contribution < -0.4 is 38.9 Å². The summed E-state index contributed by atoms with van der Waals surface area (Å²) in [6.07, 6.45) is 2.88. The Labute approximate surface area is 219 Å². The van der Waals surface area contributed by atoms with Crippen molar-refractivity contribution in [1.82, 2.24) is 25.9 Å². The minimum absolute atomic E-state index is 0.0316. The molecule has 0 aliphatic rings. The Balaban J connectivity index is 3.00. The van der Waals surface area contributed by atoms with E-state index in [4.69, 9.17) is 22.9 Å². The van der Waals surface area contributed by atoms with Gasteiger partial charge in [0.05, 0.1) is 18.8 Å². The number of primary amides is 1. The van der Waals surface area contributed by atoms with Crippen molar-refractivity contribution in [2.45, 2.75) is 70.1 Å². The van der Waals surface area contributed by atoms with Gasteiger partial charge >= 0.3 is 5.97 Å². The van der Waals surface area contributed by atoms with E-state index in [1.807, 2.05) is 0 Å². The first-order valence-electron chi connectivity index (χ1n) is 12.0. The molecule has 0 saturated heterocycles. The predicted octanol–water partition coefficient (Wildman–Crippen LogP) is -3.21. The first-order valence-corrected chi connectivity index (χ1v) is 12.0. The van der Waals surface area contributed by atoms with E-state index >= 15 is 0 Å². The number of carboxylic acids is 1. The van der Waals surface area contributed by atoms with Crippen molar-refractivity contribution >= 4 is 35.6 Å². The highest BCUT2D eigenvalue weighted by Gasteiger charge is 2.31. The van der Waals surface area contributed by atoms with Gasteiger partial charge in [0.1, 0.15) is 18.1 Å². The van der Waals surface area contributed by atoms with Gasteiger partial charge in [-0.25, -0.2) is 9.78 Å². The molecule has 16 nitrogen and oxygen atoms in total. The van der Waals surface area contributed by atoms with Crippen molar-refractivity contribution in [2.75, 3.05) is 6.54 Å². The van der Waals surface area contributed by atoms with Gasteiger partial charge in [-0.3, -0.25) is 24.2 Å². The number of carbonyl (C=O) groups is 5. The second kappa shape index (κ2) is 15.8. The molecule has 0 aliphatic heterocycles. The van der Waals surface area contributed by atoms with Crippen LogP contribution in [0.1, 0.15) is 45.2 Å². The summed E-state index contributed by atoms with van der Waals surface area (Å²) in [6.45, 7) is 3.84. The molecule has 16 heteroatoms. The molecule has 4 atom stereocenters. The van der Waals surface area contributed by atoms with E-state index in [-0.39, 0.29) is 37.7 Å². The summed E-state index contributed by atoms with van der Waals surface area (Å²) in [4.78, 5) is 72.3. The zero-order valence-corrected chi connectivity index (χ0v) is 21.5. The van der Waals surface area contributed by atoms with Gasteiger partial charge in [0.15, 0.2) is 5.96 Å². The van der Waals surface area contributed by atoms with Crippen LogP contribution in [-0.2, 0) is 30.4 Å². The molecule has 1 heterocycles. The SMILES string of the molecule is CC(C)CC(NC(=O)C(Cc1cnc[nH]1)NC(=O)C(CC(N)=O)NC(=O)C(N)CCCN=C(N)N)C(=O)O. The Morgan fingerprint density at radius 2 is 1.61 bits per heavy atom. The highest BCUT2D eigenvalue weighted by Crippen LogP contribution is 2.07. The van der Waals surface area contributed by atoms with Crippen LogP contribution in [-0.4, -0.2) is 81.3 Å². The Morgan fingerprint density at radius 3 is 2.13 bits per heavy atom. The number of nitrogens with two attached hydrogens (primary N) is 4. The summed E-state index contributed by atoms with van der Waals surface area (Å²) in [5.41, 5.74) is 22.1. The number of carbonyl (C=O) groups excluding carboxylic acids is 4. The summed E-state index contributed by atoms with van der Waals surface area (Å²) < 4.78 is 0. The Kier molecular flexibility index (Phi) is 13.2. The number of hydrogen-bond donors (Lipinski definition) is 9. The third kappa shape index (κ3) is 12.2. The quantitative estimate of drug-likeness (QED) is 0.0543. The van der Waals surface area contributed by atoms with Crippen molar-refractivity contribution in [2.24, 2.45) is 33.8 Å². The number of imidazole rings is 1. The molecule has 0 aromatic carbocycles.